The van der Waals surface area contributed by atoms with Gasteiger partial charge in [0, 0.05) is 13.0 Å². The number of ketones is 2. The predicted molar refractivity (Wildman–Crippen MR) is 78.0 cm³/mol. The first kappa shape index (κ1) is 16.6. The van der Waals surface area contributed by atoms with E-state index in [9.17, 15) is 14.4 Å². The van der Waals surface area contributed by atoms with Gasteiger partial charge in [-0.05, 0) is 13.3 Å². The third-order valence-corrected chi connectivity index (χ3v) is 3.99. The summed E-state index contributed by atoms with van der Waals surface area (Å²) in [4.78, 5) is 37.8. The number of rotatable bonds is 7. The van der Waals surface area contributed by atoms with Gasteiger partial charge < -0.3 is 4.90 Å². The number of likely N-dealkylation sites (N-methyl/N-ethyl adjacent to an activating group) is 1. The van der Waals surface area contributed by atoms with Crippen molar-refractivity contribution >= 4 is 17.5 Å². The Bertz CT molecular complexity index is 425. The average Bonchev–Trinajstić information content (AvgIpc) is 2.64. The predicted octanol–water partition coefficient (Wildman–Crippen LogP) is 2.72. The van der Waals surface area contributed by atoms with E-state index < -0.39 is 5.92 Å². The first-order chi connectivity index (χ1) is 9.45. The molecule has 1 fully saturated rings. The summed E-state index contributed by atoms with van der Waals surface area (Å²) in [6.45, 7) is 5.67. The number of unbranched alkanes of at least 4 members (excludes halogenated alkanes) is 3. The maximum absolute atomic E-state index is 12.3. The molecule has 1 aliphatic heterocycles. The molecule has 0 aromatic heterocycles. The second-order valence-electron chi connectivity index (χ2n) is 5.52. The van der Waals surface area contributed by atoms with Crippen LogP contribution < -0.4 is 0 Å². The van der Waals surface area contributed by atoms with Crippen LogP contribution in [0.4, 0.5) is 0 Å². The van der Waals surface area contributed by atoms with Gasteiger partial charge in [0.25, 0.3) is 0 Å². The van der Waals surface area contributed by atoms with Crippen LogP contribution in [0.1, 0.15) is 52.9 Å². The summed E-state index contributed by atoms with van der Waals surface area (Å²) in [6, 6.07) is 0. The van der Waals surface area contributed by atoms with Crippen molar-refractivity contribution in [1.29, 1.82) is 0 Å². The molecule has 1 aliphatic rings. The van der Waals surface area contributed by atoms with Crippen LogP contribution in [-0.2, 0) is 14.4 Å². The Morgan fingerprint density at radius 2 is 1.95 bits per heavy atom. The Balaban J connectivity index is 2.67. The molecular weight excluding hydrogens is 254 g/mol. The first-order valence-electron chi connectivity index (χ1n) is 7.47. The van der Waals surface area contributed by atoms with Crippen LogP contribution in [-0.4, -0.2) is 29.4 Å². The number of amides is 1. The van der Waals surface area contributed by atoms with E-state index in [0.29, 0.717) is 5.70 Å². The fourth-order valence-electron chi connectivity index (χ4n) is 2.63. The first-order valence-corrected chi connectivity index (χ1v) is 7.47. The summed E-state index contributed by atoms with van der Waals surface area (Å²) in [6.07, 6.45) is 6.73. The van der Waals surface area contributed by atoms with Crippen LogP contribution in [0.3, 0.4) is 0 Å². The Morgan fingerprint density at radius 3 is 2.45 bits per heavy atom. The molecule has 0 spiro atoms. The van der Waals surface area contributed by atoms with E-state index in [1.807, 2.05) is 6.92 Å². The molecule has 1 heterocycles. The van der Waals surface area contributed by atoms with Gasteiger partial charge in [0.2, 0.25) is 5.91 Å². The fourth-order valence-corrected chi connectivity index (χ4v) is 2.63. The molecule has 0 bridgehead atoms. The third-order valence-electron chi connectivity index (χ3n) is 3.99. The van der Waals surface area contributed by atoms with Gasteiger partial charge in [0.1, 0.15) is 0 Å². The normalized spacial score (nSPS) is 22.7. The highest BCUT2D eigenvalue weighted by molar-refractivity contribution is 6.28. The summed E-state index contributed by atoms with van der Waals surface area (Å²) in [5, 5.41) is 0. The molecular formula is C16H25NO3. The summed E-state index contributed by atoms with van der Waals surface area (Å²) >= 11 is 0. The standard InChI is InChI=1S/C16H25NO3/c1-5-7-8-9-10-11(3)14(18)13-15(19)12(6-2)17(4)16(13)20/h6,11,13H,5,7-10H2,1-4H3/b12-6-. The highest BCUT2D eigenvalue weighted by Crippen LogP contribution is 2.27. The Hall–Kier alpha value is -1.45. The molecule has 0 aromatic carbocycles. The number of allylic oxidation sites excluding steroid dienone is 2. The number of hydrogen-bond acceptors (Lipinski definition) is 3. The van der Waals surface area contributed by atoms with Crippen LogP contribution in [0.25, 0.3) is 0 Å². The zero-order chi connectivity index (χ0) is 15.3. The topological polar surface area (TPSA) is 54.5 Å². The monoisotopic (exact) mass is 279 g/mol. The van der Waals surface area contributed by atoms with Crippen molar-refractivity contribution in [1.82, 2.24) is 4.90 Å². The lowest BCUT2D eigenvalue weighted by Gasteiger charge is -2.13. The van der Waals surface area contributed by atoms with Crippen LogP contribution >= 0.6 is 0 Å². The summed E-state index contributed by atoms with van der Waals surface area (Å²) in [5.74, 6) is -2.28. The minimum absolute atomic E-state index is 0.222. The Morgan fingerprint density at radius 1 is 1.30 bits per heavy atom. The van der Waals surface area contributed by atoms with E-state index in [2.05, 4.69) is 6.92 Å². The molecule has 2 atom stereocenters. The van der Waals surface area contributed by atoms with Crippen molar-refractivity contribution in [3.8, 4) is 0 Å². The molecule has 1 amide bonds. The van der Waals surface area contributed by atoms with Crippen molar-refractivity contribution in [2.45, 2.75) is 52.9 Å². The quantitative estimate of drug-likeness (QED) is 0.409. The number of Topliss-reactive ketones (excluding diaryl/α,β-unsaturated/α-hetero) is 2. The van der Waals surface area contributed by atoms with E-state index in [1.165, 1.54) is 4.90 Å². The second kappa shape index (κ2) is 7.36. The molecule has 4 nitrogen and oxygen atoms in total. The third kappa shape index (κ3) is 3.35. The Labute approximate surface area is 121 Å². The highest BCUT2D eigenvalue weighted by atomic mass is 16.2. The van der Waals surface area contributed by atoms with Gasteiger partial charge in [-0.3, -0.25) is 14.4 Å². The van der Waals surface area contributed by atoms with Gasteiger partial charge in [-0.25, -0.2) is 0 Å². The van der Waals surface area contributed by atoms with Crippen molar-refractivity contribution in [3.05, 3.63) is 11.8 Å². The average molecular weight is 279 g/mol. The molecule has 20 heavy (non-hydrogen) atoms. The number of carbonyl (C=O) groups excluding carboxylic acids is 3. The molecule has 1 saturated heterocycles. The van der Waals surface area contributed by atoms with E-state index >= 15 is 0 Å². The summed E-state index contributed by atoms with van der Waals surface area (Å²) < 4.78 is 0. The lowest BCUT2D eigenvalue weighted by molar-refractivity contribution is -0.140. The zero-order valence-corrected chi connectivity index (χ0v) is 12.9. The molecule has 1 rings (SSSR count). The number of likely N-dealkylation sites (tertiary alicyclic amines) is 1. The van der Waals surface area contributed by atoms with Crippen LogP contribution in [0.5, 0.6) is 0 Å². The number of hydrogen-bond donors (Lipinski definition) is 0. The summed E-state index contributed by atoms with van der Waals surface area (Å²) in [7, 11) is 1.55. The fraction of sp³-hybridized carbons (Fsp3) is 0.688. The van der Waals surface area contributed by atoms with E-state index in [4.69, 9.17) is 0 Å². The number of carbonyl (C=O) groups is 3. The highest BCUT2D eigenvalue weighted by Gasteiger charge is 2.46. The SMILES string of the molecule is C/C=C1/C(=O)C(C(=O)C(C)CCCCCC)C(=O)N1C. The van der Waals surface area contributed by atoms with Gasteiger partial charge in [0.15, 0.2) is 17.5 Å². The smallest absolute Gasteiger partial charge is 0.245 e. The van der Waals surface area contributed by atoms with Gasteiger partial charge in [-0.2, -0.15) is 0 Å². The van der Waals surface area contributed by atoms with Crippen molar-refractivity contribution in [2.75, 3.05) is 7.05 Å². The lowest BCUT2D eigenvalue weighted by Crippen LogP contribution is -2.32. The molecule has 0 saturated carbocycles. The van der Waals surface area contributed by atoms with Crippen molar-refractivity contribution < 1.29 is 14.4 Å². The van der Waals surface area contributed by atoms with Gasteiger partial charge in [0.05, 0.1) is 5.70 Å². The van der Waals surface area contributed by atoms with E-state index in [-0.39, 0.29) is 23.4 Å². The molecule has 0 N–H and O–H groups in total. The maximum atomic E-state index is 12.3. The van der Waals surface area contributed by atoms with Crippen LogP contribution in [0.15, 0.2) is 11.8 Å². The molecule has 4 heteroatoms. The minimum Gasteiger partial charge on any atom is -0.311 e. The van der Waals surface area contributed by atoms with Gasteiger partial charge in [-0.15, -0.1) is 0 Å². The second-order valence-corrected chi connectivity index (χ2v) is 5.52. The maximum Gasteiger partial charge on any atom is 0.245 e. The molecule has 0 aliphatic carbocycles. The van der Waals surface area contributed by atoms with Crippen molar-refractivity contribution in [3.63, 3.8) is 0 Å². The zero-order valence-electron chi connectivity index (χ0n) is 12.9. The molecule has 2 unspecified atom stereocenters. The van der Waals surface area contributed by atoms with Crippen LogP contribution in [0, 0.1) is 11.8 Å². The van der Waals surface area contributed by atoms with E-state index in [0.717, 1.165) is 32.1 Å². The van der Waals surface area contributed by atoms with Crippen molar-refractivity contribution in [2.24, 2.45) is 11.8 Å². The van der Waals surface area contributed by atoms with Crippen LogP contribution in [0.2, 0.25) is 0 Å². The molecule has 0 aromatic rings. The van der Waals surface area contributed by atoms with Gasteiger partial charge in [-0.1, -0.05) is 45.6 Å². The molecule has 0 radical (unpaired) electrons. The lowest BCUT2D eigenvalue weighted by atomic mass is 9.88. The minimum atomic E-state index is -1.10. The number of nitrogens with zero attached hydrogens (tertiary/aromatic N) is 1. The Kier molecular flexibility index (Phi) is 6.11. The van der Waals surface area contributed by atoms with Gasteiger partial charge >= 0.3 is 0 Å². The summed E-state index contributed by atoms with van der Waals surface area (Å²) in [5.41, 5.74) is 0.339. The van der Waals surface area contributed by atoms with E-state index in [1.54, 1.807) is 20.0 Å². The largest absolute Gasteiger partial charge is 0.311 e. The molecule has 112 valence electrons.